The fourth-order valence-electron chi connectivity index (χ4n) is 1.55. The summed E-state index contributed by atoms with van der Waals surface area (Å²) < 4.78 is 0.697. The first-order valence-corrected chi connectivity index (χ1v) is 6.67. The van der Waals surface area contributed by atoms with Crippen molar-refractivity contribution >= 4 is 40.3 Å². The minimum atomic E-state index is 0.0218. The average molecular weight is 285 g/mol. The normalized spacial score (nSPS) is 10.5. The van der Waals surface area contributed by atoms with Gasteiger partial charge in [-0.3, -0.25) is 4.79 Å². The largest absolute Gasteiger partial charge is 0.294 e. The smallest absolute Gasteiger partial charge is 0.169 e. The maximum absolute atomic E-state index is 12.0. The average Bonchev–Trinajstić information content (AvgIpc) is 2.63. The van der Waals surface area contributed by atoms with Crippen molar-refractivity contribution in [3.63, 3.8) is 0 Å². The van der Waals surface area contributed by atoms with Crippen molar-refractivity contribution in [1.82, 2.24) is 0 Å². The van der Waals surface area contributed by atoms with Crippen molar-refractivity contribution in [2.24, 2.45) is 0 Å². The summed E-state index contributed by atoms with van der Waals surface area (Å²) >= 11 is 13.3. The van der Waals surface area contributed by atoms with Gasteiger partial charge in [-0.15, -0.1) is 11.3 Å². The molecule has 0 N–H and O–H groups in total. The minimum Gasteiger partial charge on any atom is -0.294 e. The summed E-state index contributed by atoms with van der Waals surface area (Å²) in [5.41, 5.74) is 1.62. The lowest BCUT2D eigenvalue weighted by Crippen LogP contribution is -2.03. The second-order valence-electron chi connectivity index (χ2n) is 3.79. The number of halogens is 2. The summed E-state index contributed by atoms with van der Waals surface area (Å²) in [4.78, 5) is 13.0. The first-order valence-electron chi connectivity index (χ1n) is 5.10. The van der Waals surface area contributed by atoms with Crippen LogP contribution in [0.25, 0.3) is 0 Å². The van der Waals surface area contributed by atoms with Crippen LogP contribution in [0, 0.1) is 6.92 Å². The van der Waals surface area contributed by atoms with E-state index in [0.717, 1.165) is 10.4 Å². The number of ketones is 1. The third-order valence-electron chi connectivity index (χ3n) is 2.39. The topological polar surface area (TPSA) is 17.1 Å². The molecule has 88 valence electrons. The van der Waals surface area contributed by atoms with Crippen LogP contribution in [0.3, 0.4) is 0 Å². The number of hydrogen-bond donors (Lipinski definition) is 0. The van der Waals surface area contributed by atoms with Crippen LogP contribution in [0.5, 0.6) is 0 Å². The number of aryl methyl sites for hydroxylation is 1. The molecule has 1 heterocycles. The zero-order chi connectivity index (χ0) is 12.4. The molecule has 2 aromatic rings. The summed E-state index contributed by atoms with van der Waals surface area (Å²) in [6.07, 6.45) is 0.347. The quantitative estimate of drug-likeness (QED) is 0.741. The van der Waals surface area contributed by atoms with E-state index in [1.54, 1.807) is 18.2 Å². The van der Waals surface area contributed by atoms with Crippen molar-refractivity contribution in [3.05, 3.63) is 55.7 Å². The van der Waals surface area contributed by atoms with E-state index in [4.69, 9.17) is 23.2 Å². The number of carbonyl (C=O) groups excluding carboxylic acids is 1. The molecule has 0 unspecified atom stereocenters. The van der Waals surface area contributed by atoms with Crippen molar-refractivity contribution < 1.29 is 4.79 Å². The number of thiophene rings is 1. The van der Waals surface area contributed by atoms with Crippen LogP contribution < -0.4 is 0 Å². The van der Waals surface area contributed by atoms with Gasteiger partial charge in [-0.25, -0.2) is 0 Å². The van der Waals surface area contributed by atoms with Crippen LogP contribution in [0.1, 0.15) is 20.8 Å². The second-order valence-corrected chi connectivity index (χ2v) is 6.00. The van der Waals surface area contributed by atoms with Gasteiger partial charge >= 0.3 is 0 Å². The lowest BCUT2D eigenvalue weighted by Gasteiger charge is -2.03. The maximum atomic E-state index is 12.0. The molecule has 0 saturated heterocycles. The molecule has 17 heavy (non-hydrogen) atoms. The molecule has 2 rings (SSSR count). The number of hydrogen-bond acceptors (Lipinski definition) is 2. The highest BCUT2D eigenvalue weighted by molar-refractivity contribution is 7.16. The minimum absolute atomic E-state index is 0.0218. The molecule has 0 saturated carbocycles. The summed E-state index contributed by atoms with van der Waals surface area (Å²) in [5.74, 6) is 0.0218. The molecule has 0 fully saturated rings. The molecule has 0 radical (unpaired) electrons. The fraction of sp³-hybridized carbons (Fsp3) is 0.154. The molecule has 0 aliphatic heterocycles. The van der Waals surface area contributed by atoms with Crippen LogP contribution in [-0.2, 0) is 6.42 Å². The molecule has 0 amide bonds. The van der Waals surface area contributed by atoms with E-state index in [9.17, 15) is 4.79 Å². The predicted octanol–water partition coefficient (Wildman–Crippen LogP) is 4.79. The first-order chi connectivity index (χ1) is 8.06. The molecule has 4 heteroatoms. The van der Waals surface area contributed by atoms with E-state index in [1.165, 1.54) is 11.3 Å². The highest BCUT2D eigenvalue weighted by Gasteiger charge is 2.12. The second kappa shape index (κ2) is 5.21. The van der Waals surface area contributed by atoms with Gasteiger partial charge in [0.15, 0.2) is 5.78 Å². The van der Waals surface area contributed by atoms with Crippen LogP contribution in [0.15, 0.2) is 30.3 Å². The highest BCUT2D eigenvalue weighted by Crippen LogP contribution is 2.24. The van der Waals surface area contributed by atoms with Gasteiger partial charge in [0.25, 0.3) is 0 Å². The molecular weight excluding hydrogens is 275 g/mol. The number of carbonyl (C=O) groups is 1. The van der Waals surface area contributed by atoms with Gasteiger partial charge in [0.2, 0.25) is 0 Å². The van der Waals surface area contributed by atoms with E-state index in [0.29, 0.717) is 21.3 Å². The number of rotatable bonds is 3. The Hall–Kier alpha value is -0.830. The van der Waals surface area contributed by atoms with E-state index in [1.807, 2.05) is 19.1 Å². The molecular formula is C13H10Cl2OS. The van der Waals surface area contributed by atoms with Gasteiger partial charge in [-0.1, -0.05) is 29.3 Å². The molecule has 0 aliphatic rings. The van der Waals surface area contributed by atoms with Crippen molar-refractivity contribution in [2.45, 2.75) is 13.3 Å². The predicted molar refractivity (Wildman–Crippen MR) is 73.6 cm³/mol. The van der Waals surface area contributed by atoms with Gasteiger partial charge in [-0.05, 0) is 36.8 Å². The summed E-state index contributed by atoms with van der Waals surface area (Å²) in [6, 6.07) is 9.13. The van der Waals surface area contributed by atoms with Crippen LogP contribution >= 0.6 is 34.5 Å². The Morgan fingerprint density at radius 2 is 2.00 bits per heavy atom. The molecule has 0 aliphatic carbocycles. The Balaban J connectivity index is 2.20. The monoisotopic (exact) mass is 284 g/mol. The van der Waals surface area contributed by atoms with E-state index < -0.39 is 0 Å². The van der Waals surface area contributed by atoms with Gasteiger partial charge in [0.05, 0.1) is 9.36 Å². The first kappa shape index (κ1) is 12.6. The summed E-state index contributed by atoms with van der Waals surface area (Å²) in [5, 5.41) is 0.512. The van der Waals surface area contributed by atoms with E-state index in [-0.39, 0.29) is 5.78 Å². The standard InChI is InChI=1S/C13H10Cl2OS/c1-8-2-4-10(11(14)6-8)12(16)7-9-3-5-13(15)17-9/h2-6H,7H2,1H3. The fourth-order valence-corrected chi connectivity index (χ4v) is 2.97. The molecule has 0 bridgehead atoms. The van der Waals surface area contributed by atoms with Crippen molar-refractivity contribution in [3.8, 4) is 0 Å². The van der Waals surface area contributed by atoms with Crippen LogP contribution in [-0.4, -0.2) is 5.78 Å². The molecule has 1 aromatic heterocycles. The maximum Gasteiger partial charge on any atom is 0.169 e. The van der Waals surface area contributed by atoms with E-state index >= 15 is 0 Å². The Kier molecular flexibility index (Phi) is 3.87. The Morgan fingerprint density at radius 3 is 2.59 bits per heavy atom. The van der Waals surface area contributed by atoms with Gasteiger partial charge in [-0.2, -0.15) is 0 Å². The van der Waals surface area contributed by atoms with E-state index in [2.05, 4.69) is 0 Å². The van der Waals surface area contributed by atoms with Crippen molar-refractivity contribution in [2.75, 3.05) is 0 Å². The zero-order valence-corrected chi connectivity index (χ0v) is 11.5. The summed E-state index contributed by atoms with van der Waals surface area (Å²) in [7, 11) is 0. The lowest BCUT2D eigenvalue weighted by molar-refractivity contribution is 0.0994. The zero-order valence-electron chi connectivity index (χ0n) is 9.17. The number of benzene rings is 1. The van der Waals surface area contributed by atoms with Crippen molar-refractivity contribution in [1.29, 1.82) is 0 Å². The van der Waals surface area contributed by atoms with Gasteiger partial charge < -0.3 is 0 Å². The third-order valence-corrected chi connectivity index (χ3v) is 3.93. The molecule has 1 nitrogen and oxygen atoms in total. The summed E-state index contributed by atoms with van der Waals surface area (Å²) in [6.45, 7) is 1.94. The molecule has 1 aromatic carbocycles. The van der Waals surface area contributed by atoms with Crippen LogP contribution in [0.4, 0.5) is 0 Å². The number of Topliss-reactive ketones (excluding diaryl/α,β-unsaturated/α-hetero) is 1. The van der Waals surface area contributed by atoms with Crippen LogP contribution in [0.2, 0.25) is 9.36 Å². The SMILES string of the molecule is Cc1ccc(C(=O)Cc2ccc(Cl)s2)c(Cl)c1. The molecule has 0 atom stereocenters. The molecule has 0 spiro atoms. The third kappa shape index (κ3) is 3.09. The Morgan fingerprint density at radius 1 is 1.24 bits per heavy atom. The van der Waals surface area contributed by atoms with Gasteiger partial charge in [0.1, 0.15) is 0 Å². The lowest BCUT2D eigenvalue weighted by atomic mass is 10.1. The Bertz CT molecular complexity index is 560. The highest BCUT2D eigenvalue weighted by atomic mass is 35.5. The Labute approximate surface area is 114 Å². The van der Waals surface area contributed by atoms with Gasteiger partial charge in [0, 0.05) is 16.9 Å².